The van der Waals surface area contributed by atoms with Gasteiger partial charge in [0.1, 0.15) is 5.54 Å². The number of rotatable bonds is 6. The molecule has 1 saturated carbocycles. The maximum atomic E-state index is 12.1. The van der Waals surface area contributed by atoms with Gasteiger partial charge in [0, 0.05) is 6.04 Å². The second kappa shape index (κ2) is 7.00. The number of nitrogens with one attached hydrogen (secondary N) is 1. The quantitative estimate of drug-likeness (QED) is 0.726. The van der Waals surface area contributed by atoms with Crippen LogP contribution in [0.25, 0.3) is 0 Å². The Bertz CT molecular complexity index is 230. The lowest BCUT2D eigenvalue weighted by Gasteiger charge is -2.36. The van der Waals surface area contributed by atoms with Crippen molar-refractivity contribution in [3.8, 4) is 0 Å². The summed E-state index contributed by atoms with van der Waals surface area (Å²) in [5.41, 5.74) is -0.460. The van der Waals surface area contributed by atoms with E-state index < -0.39 is 5.54 Å². The van der Waals surface area contributed by atoms with Crippen LogP contribution in [0.2, 0.25) is 0 Å². The van der Waals surface area contributed by atoms with Crippen LogP contribution < -0.4 is 5.32 Å². The van der Waals surface area contributed by atoms with Gasteiger partial charge in [0.2, 0.25) is 0 Å². The van der Waals surface area contributed by atoms with E-state index in [9.17, 15) is 4.79 Å². The Kier molecular flexibility index (Phi) is 5.96. The zero-order chi connectivity index (χ0) is 12.7. The predicted molar refractivity (Wildman–Crippen MR) is 70.0 cm³/mol. The third-order valence-corrected chi connectivity index (χ3v) is 3.96. The minimum absolute atomic E-state index is 0.0735. The van der Waals surface area contributed by atoms with Crippen LogP contribution in [0, 0.1) is 0 Å². The van der Waals surface area contributed by atoms with Crippen LogP contribution in [0.1, 0.15) is 65.7 Å². The normalized spacial score (nSPS) is 18.1. The van der Waals surface area contributed by atoms with Gasteiger partial charge >= 0.3 is 5.97 Å². The van der Waals surface area contributed by atoms with Crippen LogP contribution in [-0.4, -0.2) is 24.2 Å². The first-order chi connectivity index (χ1) is 8.18. The van der Waals surface area contributed by atoms with Gasteiger partial charge in [-0.25, -0.2) is 0 Å². The van der Waals surface area contributed by atoms with Crippen molar-refractivity contribution in [2.45, 2.75) is 77.3 Å². The SMILES string of the molecule is CCOC(=O)C(CC)(CC)NC1CCCCC1. The van der Waals surface area contributed by atoms with Crippen molar-refractivity contribution in [1.82, 2.24) is 5.32 Å². The van der Waals surface area contributed by atoms with Gasteiger partial charge in [-0.2, -0.15) is 0 Å². The average Bonchev–Trinajstić information content (AvgIpc) is 2.37. The number of hydrogen-bond donors (Lipinski definition) is 1. The standard InChI is InChI=1S/C14H27NO2/c1-4-14(5-2,13(16)17-6-3)15-12-10-8-7-9-11-12/h12,15H,4-11H2,1-3H3. The molecule has 0 aromatic heterocycles. The molecule has 3 nitrogen and oxygen atoms in total. The summed E-state index contributed by atoms with van der Waals surface area (Å²) < 4.78 is 5.23. The van der Waals surface area contributed by atoms with Crippen molar-refractivity contribution in [2.75, 3.05) is 6.61 Å². The maximum absolute atomic E-state index is 12.1. The summed E-state index contributed by atoms with van der Waals surface area (Å²) in [5, 5.41) is 3.58. The second-order valence-corrected chi connectivity index (χ2v) is 4.99. The smallest absolute Gasteiger partial charge is 0.326 e. The molecule has 1 fully saturated rings. The minimum atomic E-state index is -0.460. The molecular weight excluding hydrogens is 214 g/mol. The molecule has 0 aliphatic heterocycles. The molecule has 0 aromatic carbocycles. The maximum Gasteiger partial charge on any atom is 0.326 e. The summed E-state index contributed by atoms with van der Waals surface area (Å²) in [5.74, 6) is -0.0735. The summed E-state index contributed by atoms with van der Waals surface area (Å²) in [6, 6.07) is 0.494. The fraction of sp³-hybridized carbons (Fsp3) is 0.929. The average molecular weight is 241 g/mol. The third kappa shape index (κ3) is 3.70. The topological polar surface area (TPSA) is 38.3 Å². The second-order valence-electron chi connectivity index (χ2n) is 4.99. The zero-order valence-electron chi connectivity index (χ0n) is 11.6. The summed E-state index contributed by atoms with van der Waals surface area (Å²) in [6.07, 6.45) is 7.90. The molecule has 0 saturated heterocycles. The fourth-order valence-electron chi connectivity index (χ4n) is 2.71. The highest BCUT2D eigenvalue weighted by molar-refractivity contribution is 5.80. The summed E-state index contributed by atoms with van der Waals surface area (Å²) in [4.78, 5) is 12.1. The van der Waals surface area contributed by atoms with E-state index in [1.165, 1.54) is 32.1 Å². The molecule has 0 amide bonds. The number of carbonyl (C=O) groups is 1. The van der Waals surface area contributed by atoms with Crippen LogP contribution in [0.4, 0.5) is 0 Å². The highest BCUT2D eigenvalue weighted by Gasteiger charge is 2.38. The van der Waals surface area contributed by atoms with E-state index >= 15 is 0 Å². The lowest BCUT2D eigenvalue weighted by molar-refractivity contribution is -0.152. The molecule has 0 bridgehead atoms. The Balaban J connectivity index is 2.65. The lowest BCUT2D eigenvalue weighted by atomic mass is 9.88. The largest absolute Gasteiger partial charge is 0.465 e. The first-order valence-electron chi connectivity index (χ1n) is 7.13. The van der Waals surface area contributed by atoms with E-state index in [4.69, 9.17) is 4.74 Å². The molecule has 0 unspecified atom stereocenters. The molecule has 0 spiro atoms. The zero-order valence-corrected chi connectivity index (χ0v) is 11.6. The first-order valence-corrected chi connectivity index (χ1v) is 7.13. The van der Waals surface area contributed by atoms with Crippen molar-refractivity contribution in [3.05, 3.63) is 0 Å². The van der Waals surface area contributed by atoms with Crippen LogP contribution >= 0.6 is 0 Å². The fourth-order valence-corrected chi connectivity index (χ4v) is 2.71. The first kappa shape index (κ1) is 14.5. The van der Waals surface area contributed by atoms with Crippen molar-refractivity contribution in [1.29, 1.82) is 0 Å². The Morgan fingerprint density at radius 2 is 1.76 bits per heavy atom. The van der Waals surface area contributed by atoms with E-state index in [0.717, 1.165) is 12.8 Å². The Hall–Kier alpha value is -0.570. The Labute approximate surface area is 105 Å². The molecule has 0 radical (unpaired) electrons. The molecule has 100 valence electrons. The van der Waals surface area contributed by atoms with Crippen molar-refractivity contribution >= 4 is 5.97 Å². The van der Waals surface area contributed by atoms with Crippen LogP contribution in [0.15, 0.2) is 0 Å². The molecule has 1 rings (SSSR count). The van der Waals surface area contributed by atoms with E-state index in [1.54, 1.807) is 0 Å². The number of carbonyl (C=O) groups excluding carboxylic acids is 1. The molecule has 1 N–H and O–H groups in total. The van der Waals surface area contributed by atoms with Gasteiger partial charge in [-0.1, -0.05) is 33.1 Å². The van der Waals surface area contributed by atoms with Gasteiger partial charge in [-0.3, -0.25) is 10.1 Å². The van der Waals surface area contributed by atoms with Gasteiger partial charge in [-0.15, -0.1) is 0 Å². The third-order valence-electron chi connectivity index (χ3n) is 3.96. The summed E-state index contributed by atoms with van der Waals surface area (Å²) in [7, 11) is 0. The van der Waals surface area contributed by atoms with Gasteiger partial charge in [-0.05, 0) is 32.6 Å². The molecule has 3 heteroatoms. The molecule has 17 heavy (non-hydrogen) atoms. The number of esters is 1. The van der Waals surface area contributed by atoms with E-state index in [0.29, 0.717) is 12.6 Å². The molecule has 0 atom stereocenters. The Morgan fingerprint density at radius 3 is 2.24 bits per heavy atom. The molecule has 0 aromatic rings. The molecule has 0 heterocycles. The van der Waals surface area contributed by atoms with E-state index in [2.05, 4.69) is 19.2 Å². The van der Waals surface area contributed by atoms with Crippen molar-refractivity contribution in [3.63, 3.8) is 0 Å². The van der Waals surface area contributed by atoms with Gasteiger partial charge in [0.15, 0.2) is 0 Å². The minimum Gasteiger partial charge on any atom is -0.465 e. The Morgan fingerprint density at radius 1 is 1.18 bits per heavy atom. The van der Waals surface area contributed by atoms with Crippen LogP contribution in [0.3, 0.4) is 0 Å². The van der Waals surface area contributed by atoms with Crippen LogP contribution in [-0.2, 0) is 9.53 Å². The van der Waals surface area contributed by atoms with Gasteiger partial charge in [0.25, 0.3) is 0 Å². The van der Waals surface area contributed by atoms with E-state index in [1.807, 2.05) is 6.92 Å². The predicted octanol–water partition coefficient (Wildman–Crippen LogP) is 3.03. The lowest BCUT2D eigenvalue weighted by Crippen LogP contribution is -2.56. The monoisotopic (exact) mass is 241 g/mol. The van der Waals surface area contributed by atoms with Gasteiger partial charge in [0.05, 0.1) is 6.61 Å². The van der Waals surface area contributed by atoms with Gasteiger partial charge < -0.3 is 4.74 Å². The number of ether oxygens (including phenoxy) is 1. The van der Waals surface area contributed by atoms with Crippen molar-refractivity contribution in [2.24, 2.45) is 0 Å². The summed E-state index contributed by atoms with van der Waals surface area (Å²) in [6.45, 7) is 6.47. The highest BCUT2D eigenvalue weighted by Crippen LogP contribution is 2.24. The highest BCUT2D eigenvalue weighted by atomic mass is 16.5. The summed E-state index contributed by atoms with van der Waals surface area (Å²) >= 11 is 0. The molecule has 1 aliphatic rings. The molecular formula is C14H27NO2. The van der Waals surface area contributed by atoms with E-state index in [-0.39, 0.29) is 5.97 Å². The van der Waals surface area contributed by atoms with Crippen LogP contribution in [0.5, 0.6) is 0 Å². The molecule has 1 aliphatic carbocycles. The number of hydrogen-bond acceptors (Lipinski definition) is 3. The van der Waals surface area contributed by atoms with Crippen molar-refractivity contribution < 1.29 is 9.53 Å².